The minimum atomic E-state index is -3.29. The maximum Gasteiger partial charge on any atom is 0.351 e. The van der Waals surface area contributed by atoms with Crippen molar-refractivity contribution in [3.63, 3.8) is 0 Å². The summed E-state index contributed by atoms with van der Waals surface area (Å²) < 4.78 is 33.6. The Hall–Kier alpha value is -2.07. The van der Waals surface area contributed by atoms with Crippen LogP contribution in [0.2, 0.25) is 0 Å². The number of aromatic nitrogens is 2. The molecule has 0 aliphatic carbocycles. The van der Waals surface area contributed by atoms with E-state index in [1.807, 2.05) is 0 Å². The fourth-order valence-electron chi connectivity index (χ4n) is 2.70. The molecular formula is C13H16F2N4O4. The van der Waals surface area contributed by atoms with Crippen molar-refractivity contribution < 1.29 is 23.4 Å². The molecule has 2 fully saturated rings. The summed E-state index contributed by atoms with van der Waals surface area (Å²) in [4.78, 5) is 30.4. The monoisotopic (exact) mass is 330 g/mol. The quantitative estimate of drug-likeness (QED) is 0.845. The van der Waals surface area contributed by atoms with Gasteiger partial charge in [-0.2, -0.15) is 4.98 Å². The first-order chi connectivity index (χ1) is 10.8. The van der Waals surface area contributed by atoms with E-state index in [9.17, 15) is 18.4 Å². The molecule has 1 aromatic rings. The molecule has 2 aliphatic heterocycles. The van der Waals surface area contributed by atoms with Gasteiger partial charge in [0.15, 0.2) is 0 Å². The molecule has 8 nitrogen and oxygen atoms in total. The van der Waals surface area contributed by atoms with Crippen LogP contribution in [0.1, 0.15) is 12.6 Å². The van der Waals surface area contributed by atoms with E-state index in [2.05, 4.69) is 4.98 Å². The lowest BCUT2D eigenvalue weighted by atomic mass is 10.2. The SMILES string of the molecule is CN1CCN(c2ccn(C3OC(CO)CC3(F)F)c(=O)n2)C1=O. The highest BCUT2D eigenvalue weighted by Crippen LogP contribution is 2.41. The third-order valence-electron chi connectivity index (χ3n) is 3.95. The lowest BCUT2D eigenvalue weighted by Gasteiger charge is -2.21. The van der Waals surface area contributed by atoms with Gasteiger partial charge in [-0.05, 0) is 6.07 Å². The zero-order valence-corrected chi connectivity index (χ0v) is 12.4. The van der Waals surface area contributed by atoms with Crippen molar-refractivity contribution in [2.75, 3.05) is 31.6 Å². The third-order valence-corrected chi connectivity index (χ3v) is 3.95. The minimum absolute atomic E-state index is 0.112. The van der Waals surface area contributed by atoms with Crippen molar-refractivity contribution in [2.45, 2.75) is 24.7 Å². The summed E-state index contributed by atoms with van der Waals surface area (Å²) >= 11 is 0. The van der Waals surface area contributed by atoms with Crippen LogP contribution in [0.15, 0.2) is 17.1 Å². The highest BCUT2D eigenvalue weighted by Gasteiger charge is 2.51. The molecule has 0 bridgehead atoms. The number of alkyl halides is 2. The number of hydrogen-bond donors (Lipinski definition) is 1. The number of urea groups is 1. The molecule has 2 atom stereocenters. The highest BCUT2D eigenvalue weighted by molar-refractivity contribution is 5.92. The summed E-state index contributed by atoms with van der Waals surface area (Å²) in [5.41, 5.74) is -0.937. The maximum absolute atomic E-state index is 13.9. The molecule has 0 radical (unpaired) electrons. The Kier molecular flexibility index (Phi) is 3.80. The number of likely N-dealkylation sites (N-methyl/N-ethyl adjacent to an activating group) is 1. The molecule has 2 amide bonds. The molecule has 0 spiro atoms. The van der Waals surface area contributed by atoms with Crippen molar-refractivity contribution in [3.05, 3.63) is 22.7 Å². The summed E-state index contributed by atoms with van der Waals surface area (Å²) in [6.45, 7) is 0.307. The summed E-state index contributed by atoms with van der Waals surface area (Å²) in [6, 6.07) is 1.02. The summed E-state index contributed by atoms with van der Waals surface area (Å²) in [7, 11) is 1.62. The normalized spacial score (nSPS) is 27.0. The first-order valence-electron chi connectivity index (χ1n) is 7.09. The number of aliphatic hydroxyl groups is 1. The number of rotatable bonds is 3. The molecule has 0 saturated carbocycles. The van der Waals surface area contributed by atoms with Crippen molar-refractivity contribution in [1.29, 1.82) is 0 Å². The molecule has 3 heterocycles. The van der Waals surface area contributed by atoms with Crippen LogP contribution in [-0.2, 0) is 4.74 Å². The van der Waals surface area contributed by atoms with Crippen LogP contribution in [0.4, 0.5) is 19.4 Å². The fraction of sp³-hybridized carbons (Fsp3) is 0.615. The fourth-order valence-corrected chi connectivity index (χ4v) is 2.70. The molecule has 2 aliphatic rings. The molecule has 126 valence electrons. The number of nitrogens with zero attached hydrogens (tertiary/aromatic N) is 4. The van der Waals surface area contributed by atoms with Gasteiger partial charge in [-0.1, -0.05) is 0 Å². The van der Waals surface area contributed by atoms with E-state index in [1.165, 1.54) is 15.9 Å². The van der Waals surface area contributed by atoms with Crippen molar-refractivity contribution in [1.82, 2.24) is 14.5 Å². The number of anilines is 1. The van der Waals surface area contributed by atoms with Gasteiger partial charge in [-0.25, -0.2) is 18.4 Å². The van der Waals surface area contributed by atoms with Gasteiger partial charge in [0.05, 0.1) is 12.7 Å². The van der Waals surface area contributed by atoms with Gasteiger partial charge < -0.3 is 14.7 Å². The Morgan fingerprint density at radius 1 is 1.43 bits per heavy atom. The van der Waals surface area contributed by atoms with Gasteiger partial charge in [0.25, 0.3) is 5.92 Å². The number of aliphatic hydroxyl groups excluding tert-OH is 1. The zero-order chi connectivity index (χ0) is 16.8. The van der Waals surface area contributed by atoms with Gasteiger partial charge in [0.2, 0.25) is 6.23 Å². The van der Waals surface area contributed by atoms with Crippen LogP contribution in [0.25, 0.3) is 0 Å². The van der Waals surface area contributed by atoms with Gasteiger partial charge in [-0.15, -0.1) is 0 Å². The molecule has 1 N–H and O–H groups in total. The smallest absolute Gasteiger partial charge is 0.351 e. The van der Waals surface area contributed by atoms with E-state index in [-0.39, 0.29) is 11.8 Å². The van der Waals surface area contributed by atoms with Gasteiger partial charge >= 0.3 is 11.7 Å². The van der Waals surface area contributed by atoms with Gasteiger partial charge in [-0.3, -0.25) is 9.47 Å². The van der Waals surface area contributed by atoms with Crippen LogP contribution >= 0.6 is 0 Å². The van der Waals surface area contributed by atoms with Crippen LogP contribution < -0.4 is 10.6 Å². The average Bonchev–Trinajstić information content (AvgIpc) is 2.99. The zero-order valence-electron chi connectivity index (χ0n) is 12.4. The van der Waals surface area contributed by atoms with Crippen LogP contribution in [0, 0.1) is 0 Å². The highest BCUT2D eigenvalue weighted by atomic mass is 19.3. The molecule has 3 rings (SSSR count). The predicted molar refractivity (Wildman–Crippen MR) is 74.4 cm³/mol. The van der Waals surface area contributed by atoms with E-state index in [1.54, 1.807) is 7.05 Å². The van der Waals surface area contributed by atoms with Crippen molar-refractivity contribution >= 4 is 11.8 Å². The summed E-state index contributed by atoms with van der Waals surface area (Å²) in [6.07, 6.45) is -2.38. The molecule has 10 heteroatoms. The van der Waals surface area contributed by atoms with E-state index >= 15 is 0 Å². The molecule has 1 aromatic heterocycles. The Labute approximate surface area is 129 Å². The number of halogens is 2. The number of hydrogen-bond acceptors (Lipinski definition) is 5. The number of carbonyl (C=O) groups excluding carboxylic acids is 1. The van der Waals surface area contributed by atoms with E-state index in [0.29, 0.717) is 17.7 Å². The van der Waals surface area contributed by atoms with Crippen LogP contribution in [-0.4, -0.2) is 64.4 Å². The molecular weight excluding hydrogens is 314 g/mol. The predicted octanol–water partition coefficient (Wildman–Crippen LogP) is 0.0302. The van der Waals surface area contributed by atoms with Crippen LogP contribution in [0.5, 0.6) is 0 Å². The average molecular weight is 330 g/mol. The maximum atomic E-state index is 13.9. The number of carbonyl (C=O) groups is 1. The summed E-state index contributed by atoms with van der Waals surface area (Å²) in [5.74, 6) is -3.18. The Morgan fingerprint density at radius 2 is 2.17 bits per heavy atom. The second-order valence-corrected chi connectivity index (χ2v) is 5.59. The standard InChI is InChI=1S/C13H16F2N4O4/c1-17-4-5-18(12(17)22)9-2-3-19(11(21)16-9)10-13(14,15)6-8(7-20)23-10/h2-3,8,10,20H,4-7H2,1H3. The molecule has 0 aromatic carbocycles. The largest absolute Gasteiger partial charge is 0.394 e. The van der Waals surface area contributed by atoms with E-state index in [0.717, 1.165) is 6.20 Å². The third kappa shape index (κ3) is 2.68. The van der Waals surface area contributed by atoms with Gasteiger partial charge in [0, 0.05) is 32.8 Å². The Bertz CT molecular complexity index is 680. The molecule has 2 saturated heterocycles. The van der Waals surface area contributed by atoms with E-state index in [4.69, 9.17) is 9.84 Å². The Balaban J connectivity index is 1.89. The topological polar surface area (TPSA) is 87.9 Å². The molecule has 2 unspecified atom stereocenters. The number of amides is 2. The van der Waals surface area contributed by atoms with Crippen molar-refractivity contribution in [3.8, 4) is 0 Å². The van der Waals surface area contributed by atoms with Crippen molar-refractivity contribution in [2.24, 2.45) is 0 Å². The molecule has 23 heavy (non-hydrogen) atoms. The Morgan fingerprint density at radius 3 is 2.70 bits per heavy atom. The lowest BCUT2D eigenvalue weighted by molar-refractivity contribution is -0.120. The minimum Gasteiger partial charge on any atom is -0.394 e. The van der Waals surface area contributed by atoms with E-state index < -0.39 is 37.0 Å². The van der Waals surface area contributed by atoms with Gasteiger partial charge in [0.1, 0.15) is 5.82 Å². The summed E-state index contributed by atoms with van der Waals surface area (Å²) in [5, 5.41) is 8.96. The first kappa shape index (κ1) is 15.8. The second-order valence-electron chi connectivity index (χ2n) is 5.59. The first-order valence-corrected chi connectivity index (χ1v) is 7.09. The lowest BCUT2D eigenvalue weighted by Crippen LogP contribution is -2.37. The van der Waals surface area contributed by atoms with Crippen LogP contribution in [0.3, 0.4) is 0 Å². The second kappa shape index (κ2) is 5.53. The number of ether oxygens (including phenoxy) is 1.